The van der Waals surface area contributed by atoms with E-state index in [0.717, 1.165) is 18.2 Å². The van der Waals surface area contributed by atoms with Gasteiger partial charge in [0.2, 0.25) is 0 Å². The minimum atomic E-state index is -4.56. The number of rotatable bonds is 1. The van der Waals surface area contributed by atoms with Crippen molar-refractivity contribution in [2.24, 2.45) is 0 Å². The van der Waals surface area contributed by atoms with Gasteiger partial charge in [-0.1, -0.05) is 23.7 Å². The van der Waals surface area contributed by atoms with Crippen LogP contribution in [0.25, 0.3) is 11.1 Å². The van der Waals surface area contributed by atoms with Crippen LogP contribution in [0.1, 0.15) is 5.56 Å². The van der Waals surface area contributed by atoms with E-state index in [2.05, 4.69) is 0 Å². The summed E-state index contributed by atoms with van der Waals surface area (Å²) in [6.07, 6.45) is -4.56. The summed E-state index contributed by atoms with van der Waals surface area (Å²) in [5, 5.41) is -0.396. The Bertz CT molecular complexity index is 623. The van der Waals surface area contributed by atoms with E-state index in [1.54, 1.807) is 0 Å². The van der Waals surface area contributed by atoms with Gasteiger partial charge in [0.05, 0.1) is 16.3 Å². The van der Waals surface area contributed by atoms with Crippen molar-refractivity contribution in [3.05, 3.63) is 52.8 Å². The third-order valence-electron chi connectivity index (χ3n) is 2.61. The Labute approximate surface area is 111 Å². The molecule has 1 nitrogen and oxygen atoms in total. The highest BCUT2D eigenvalue weighted by Crippen LogP contribution is 2.37. The molecule has 0 bridgehead atoms. The van der Waals surface area contributed by atoms with Crippen LogP contribution < -0.4 is 5.73 Å². The van der Waals surface area contributed by atoms with Crippen molar-refractivity contribution < 1.29 is 17.6 Å². The SMILES string of the molecule is Nc1ccc(-c2ccc(Cl)c(C(F)(F)F)c2)cc1F. The molecule has 0 unspecified atom stereocenters. The predicted octanol–water partition coefficient (Wildman–Crippen LogP) is 4.75. The first-order chi connectivity index (χ1) is 8.79. The third-order valence-corrected chi connectivity index (χ3v) is 2.94. The smallest absolute Gasteiger partial charge is 0.396 e. The van der Waals surface area contributed by atoms with Gasteiger partial charge in [-0.3, -0.25) is 0 Å². The van der Waals surface area contributed by atoms with Gasteiger partial charge >= 0.3 is 6.18 Å². The van der Waals surface area contributed by atoms with Crippen LogP contribution >= 0.6 is 11.6 Å². The zero-order valence-electron chi connectivity index (χ0n) is 9.43. The summed E-state index contributed by atoms with van der Waals surface area (Å²) >= 11 is 5.51. The Morgan fingerprint density at radius 1 is 0.947 bits per heavy atom. The van der Waals surface area contributed by atoms with E-state index in [9.17, 15) is 17.6 Å². The van der Waals surface area contributed by atoms with Gasteiger partial charge in [0, 0.05) is 0 Å². The van der Waals surface area contributed by atoms with Gasteiger partial charge in [0.1, 0.15) is 5.82 Å². The fourth-order valence-electron chi connectivity index (χ4n) is 1.63. The topological polar surface area (TPSA) is 26.0 Å². The molecule has 0 saturated heterocycles. The minimum absolute atomic E-state index is 0.0613. The standard InChI is InChI=1S/C13H8ClF4N/c14-10-3-1-7(5-9(10)13(16,17)18)8-2-4-12(19)11(15)6-8/h1-6H,19H2. The van der Waals surface area contributed by atoms with Gasteiger partial charge in [-0.25, -0.2) is 4.39 Å². The number of anilines is 1. The summed E-state index contributed by atoms with van der Waals surface area (Å²) < 4.78 is 51.4. The molecular weight excluding hydrogens is 282 g/mol. The second-order valence-electron chi connectivity index (χ2n) is 3.93. The molecule has 0 atom stereocenters. The molecule has 2 rings (SSSR count). The molecule has 2 aromatic rings. The van der Waals surface area contributed by atoms with Crippen molar-refractivity contribution in [2.45, 2.75) is 6.18 Å². The second-order valence-corrected chi connectivity index (χ2v) is 4.34. The first-order valence-electron chi connectivity index (χ1n) is 5.21. The van der Waals surface area contributed by atoms with E-state index in [4.69, 9.17) is 17.3 Å². The van der Waals surface area contributed by atoms with E-state index >= 15 is 0 Å². The molecule has 0 radical (unpaired) electrons. The number of nitrogens with two attached hydrogens (primary N) is 1. The van der Waals surface area contributed by atoms with Gasteiger partial charge in [-0.2, -0.15) is 13.2 Å². The van der Waals surface area contributed by atoms with Gasteiger partial charge in [-0.05, 0) is 35.4 Å². The van der Waals surface area contributed by atoms with Crippen molar-refractivity contribution in [3.63, 3.8) is 0 Å². The summed E-state index contributed by atoms with van der Waals surface area (Å²) in [5.74, 6) is -0.680. The van der Waals surface area contributed by atoms with E-state index in [-0.39, 0.29) is 11.3 Å². The van der Waals surface area contributed by atoms with Crippen LogP contribution in [0.2, 0.25) is 5.02 Å². The van der Waals surface area contributed by atoms with Crippen molar-refractivity contribution in [1.29, 1.82) is 0 Å². The molecule has 0 amide bonds. The molecule has 100 valence electrons. The van der Waals surface area contributed by atoms with E-state index in [0.29, 0.717) is 5.56 Å². The van der Waals surface area contributed by atoms with Gasteiger partial charge < -0.3 is 5.73 Å². The normalized spacial score (nSPS) is 11.6. The maximum atomic E-state index is 13.3. The summed E-state index contributed by atoms with van der Waals surface area (Å²) in [5.41, 5.74) is 4.82. The lowest BCUT2D eigenvalue weighted by Gasteiger charge is -2.11. The highest BCUT2D eigenvalue weighted by Gasteiger charge is 2.33. The van der Waals surface area contributed by atoms with Crippen LogP contribution in [-0.2, 0) is 6.18 Å². The number of nitrogen functional groups attached to an aromatic ring is 1. The van der Waals surface area contributed by atoms with Crippen LogP contribution in [0.5, 0.6) is 0 Å². The van der Waals surface area contributed by atoms with E-state index in [1.165, 1.54) is 18.2 Å². The van der Waals surface area contributed by atoms with Crippen molar-refractivity contribution >= 4 is 17.3 Å². The molecule has 0 spiro atoms. The van der Waals surface area contributed by atoms with Gasteiger partial charge in [0.15, 0.2) is 0 Å². The Balaban J connectivity index is 2.54. The monoisotopic (exact) mass is 289 g/mol. The van der Waals surface area contributed by atoms with Crippen molar-refractivity contribution in [2.75, 3.05) is 5.73 Å². The number of hydrogen-bond acceptors (Lipinski definition) is 1. The Morgan fingerprint density at radius 2 is 1.53 bits per heavy atom. The quantitative estimate of drug-likeness (QED) is 0.595. The summed E-state index contributed by atoms with van der Waals surface area (Å²) in [6, 6.07) is 7.23. The number of hydrogen-bond donors (Lipinski definition) is 1. The van der Waals surface area contributed by atoms with Gasteiger partial charge in [-0.15, -0.1) is 0 Å². The fourth-order valence-corrected chi connectivity index (χ4v) is 1.85. The molecule has 2 aromatic carbocycles. The Morgan fingerprint density at radius 3 is 2.11 bits per heavy atom. The lowest BCUT2D eigenvalue weighted by Crippen LogP contribution is -2.06. The van der Waals surface area contributed by atoms with Crippen molar-refractivity contribution in [3.8, 4) is 11.1 Å². The lowest BCUT2D eigenvalue weighted by molar-refractivity contribution is -0.137. The second kappa shape index (κ2) is 4.74. The molecule has 19 heavy (non-hydrogen) atoms. The zero-order chi connectivity index (χ0) is 14.2. The Hall–Kier alpha value is -1.75. The largest absolute Gasteiger partial charge is 0.417 e. The number of benzene rings is 2. The predicted molar refractivity (Wildman–Crippen MR) is 66.3 cm³/mol. The molecule has 0 aliphatic heterocycles. The molecule has 2 N–H and O–H groups in total. The molecule has 0 saturated carbocycles. The van der Waals surface area contributed by atoms with E-state index < -0.39 is 22.6 Å². The van der Waals surface area contributed by atoms with Crippen LogP contribution in [-0.4, -0.2) is 0 Å². The average molecular weight is 290 g/mol. The van der Waals surface area contributed by atoms with Crippen LogP contribution in [0.15, 0.2) is 36.4 Å². The molecule has 6 heteroatoms. The molecule has 0 heterocycles. The molecule has 0 aliphatic rings. The van der Waals surface area contributed by atoms with Crippen LogP contribution in [0.3, 0.4) is 0 Å². The minimum Gasteiger partial charge on any atom is -0.396 e. The Kier molecular flexibility index (Phi) is 3.41. The number of alkyl halides is 3. The third kappa shape index (κ3) is 2.81. The highest BCUT2D eigenvalue weighted by atomic mass is 35.5. The molecule has 0 fully saturated rings. The van der Waals surface area contributed by atoms with E-state index in [1.807, 2.05) is 0 Å². The van der Waals surface area contributed by atoms with Crippen LogP contribution in [0.4, 0.5) is 23.2 Å². The maximum Gasteiger partial charge on any atom is 0.417 e. The first-order valence-corrected chi connectivity index (χ1v) is 5.59. The highest BCUT2D eigenvalue weighted by molar-refractivity contribution is 6.31. The van der Waals surface area contributed by atoms with Crippen molar-refractivity contribution in [1.82, 2.24) is 0 Å². The lowest BCUT2D eigenvalue weighted by atomic mass is 10.0. The first kappa shape index (κ1) is 13.7. The summed E-state index contributed by atoms with van der Waals surface area (Å²) in [4.78, 5) is 0. The van der Waals surface area contributed by atoms with Gasteiger partial charge in [0.25, 0.3) is 0 Å². The molecule has 0 aromatic heterocycles. The molecular formula is C13H8ClF4N. The summed E-state index contributed by atoms with van der Waals surface area (Å²) in [6.45, 7) is 0. The maximum absolute atomic E-state index is 13.3. The number of halogens is 5. The summed E-state index contributed by atoms with van der Waals surface area (Å²) in [7, 11) is 0. The molecule has 0 aliphatic carbocycles. The zero-order valence-corrected chi connectivity index (χ0v) is 10.2. The average Bonchev–Trinajstić information content (AvgIpc) is 2.32. The van der Waals surface area contributed by atoms with Crippen LogP contribution in [0, 0.1) is 5.82 Å². The fraction of sp³-hybridized carbons (Fsp3) is 0.0769.